The third kappa shape index (κ3) is 3.73. The number of amides is 1. The summed E-state index contributed by atoms with van der Waals surface area (Å²) in [5, 5.41) is 6.57. The Morgan fingerprint density at radius 1 is 1.00 bits per heavy atom. The standard InChI is InChI=1S/C21H17F2N5O2/c1-10-11(2)25-18-16(8-15(23)9-17(18)24-10)20(29)26-12(3)21-27-19(28-30-21)13-4-6-14(22)7-5-13/h4-9,12H,1-3H3,(H,26,29). The minimum atomic E-state index is -0.656. The first-order valence-electron chi connectivity index (χ1n) is 9.16. The van der Waals surface area contributed by atoms with Gasteiger partial charge in [-0.2, -0.15) is 4.98 Å². The predicted octanol–water partition coefficient (Wildman–Crippen LogP) is 4.07. The van der Waals surface area contributed by atoms with E-state index >= 15 is 0 Å². The number of benzene rings is 2. The molecule has 1 N–H and O–H groups in total. The van der Waals surface area contributed by atoms with Crippen LogP contribution in [0, 0.1) is 25.5 Å². The first-order chi connectivity index (χ1) is 14.3. The van der Waals surface area contributed by atoms with Gasteiger partial charge in [0.1, 0.15) is 23.2 Å². The fourth-order valence-electron chi connectivity index (χ4n) is 2.93. The summed E-state index contributed by atoms with van der Waals surface area (Å²) in [6.45, 7) is 5.19. The molecule has 2 aromatic heterocycles. The molecule has 4 aromatic rings. The zero-order valence-electron chi connectivity index (χ0n) is 16.4. The van der Waals surface area contributed by atoms with Crippen LogP contribution in [0.4, 0.5) is 8.78 Å². The summed E-state index contributed by atoms with van der Waals surface area (Å²) in [4.78, 5) is 25.8. The second-order valence-electron chi connectivity index (χ2n) is 6.87. The Balaban J connectivity index is 1.60. The first kappa shape index (κ1) is 19.6. The highest BCUT2D eigenvalue weighted by Gasteiger charge is 2.21. The summed E-state index contributed by atoms with van der Waals surface area (Å²) in [5.74, 6) is -1.10. The van der Waals surface area contributed by atoms with Gasteiger partial charge in [-0.05, 0) is 51.1 Å². The molecule has 1 amide bonds. The molecule has 0 aliphatic rings. The number of hydrogen-bond acceptors (Lipinski definition) is 6. The van der Waals surface area contributed by atoms with Crippen LogP contribution in [0.15, 0.2) is 40.9 Å². The van der Waals surface area contributed by atoms with Gasteiger partial charge in [0.05, 0.1) is 22.5 Å². The fourth-order valence-corrected chi connectivity index (χ4v) is 2.93. The summed E-state index contributed by atoms with van der Waals surface area (Å²) < 4.78 is 32.4. The molecule has 152 valence electrons. The van der Waals surface area contributed by atoms with E-state index in [0.29, 0.717) is 28.0 Å². The Morgan fingerprint density at radius 3 is 2.43 bits per heavy atom. The monoisotopic (exact) mass is 409 g/mol. The van der Waals surface area contributed by atoms with Crippen molar-refractivity contribution in [3.8, 4) is 11.4 Å². The largest absolute Gasteiger partial charge is 0.340 e. The summed E-state index contributed by atoms with van der Waals surface area (Å²) in [5.41, 5.74) is 2.55. The van der Waals surface area contributed by atoms with E-state index in [2.05, 4.69) is 25.4 Å². The lowest BCUT2D eigenvalue weighted by molar-refractivity contribution is 0.0933. The third-order valence-corrected chi connectivity index (χ3v) is 4.65. The van der Waals surface area contributed by atoms with Gasteiger partial charge < -0.3 is 9.84 Å². The molecule has 0 aliphatic carbocycles. The number of fused-ring (bicyclic) bond motifs is 1. The highest BCUT2D eigenvalue weighted by atomic mass is 19.1. The summed E-state index contributed by atoms with van der Waals surface area (Å²) in [6, 6.07) is 7.32. The quantitative estimate of drug-likeness (QED) is 0.546. The van der Waals surface area contributed by atoms with Crippen molar-refractivity contribution in [3.63, 3.8) is 0 Å². The average molecular weight is 409 g/mol. The first-order valence-corrected chi connectivity index (χ1v) is 9.16. The van der Waals surface area contributed by atoms with Crippen LogP contribution in [0.1, 0.15) is 40.6 Å². The van der Waals surface area contributed by atoms with Gasteiger partial charge in [0.2, 0.25) is 11.7 Å². The number of halogens is 2. The van der Waals surface area contributed by atoms with Crippen molar-refractivity contribution >= 4 is 16.9 Å². The molecule has 1 atom stereocenters. The highest BCUT2D eigenvalue weighted by molar-refractivity contribution is 6.04. The van der Waals surface area contributed by atoms with E-state index in [1.807, 2.05) is 0 Å². The van der Waals surface area contributed by atoms with Crippen molar-refractivity contribution in [1.29, 1.82) is 0 Å². The van der Waals surface area contributed by atoms with E-state index in [4.69, 9.17) is 4.52 Å². The zero-order chi connectivity index (χ0) is 21.4. The number of aromatic nitrogens is 4. The lowest BCUT2D eigenvalue weighted by Gasteiger charge is -2.12. The summed E-state index contributed by atoms with van der Waals surface area (Å²) >= 11 is 0. The Morgan fingerprint density at radius 2 is 1.70 bits per heavy atom. The number of aryl methyl sites for hydroxylation is 2. The predicted molar refractivity (Wildman–Crippen MR) is 105 cm³/mol. The second-order valence-corrected chi connectivity index (χ2v) is 6.87. The number of rotatable bonds is 4. The van der Waals surface area contributed by atoms with Crippen LogP contribution in [0.5, 0.6) is 0 Å². The molecule has 0 spiro atoms. The lowest BCUT2D eigenvalue weighted by Crippen LogP contribution is -2.27. The van der Waals surface area contributed by atoms with Crippen LogP contribution in [0.3, 0.4) is 0 Å². The molecule has 2 heterocycles. The number of nitrogens with zero attached hydrogens (tertiary/aromatic N) is 4. The topological polar surface area (TPSA) is 93.8 Å². The van der Waals surface area contributed by atoms with Gasteiger partial charge in [0.25, 0.3) is 5.91 Å². The molecule has 7 nitrogen and oxygen atoms in total. The van der Waals surface area contributed by atoms with E-state index < -0.39 is 17.8 Å². The molecular weight excluding hydrogens is 392 g/mol. The molecule has 2 aromatic carbocycles. The van der Waals surface area contributed by atoms with Gasteiger partial charge >= 0.3 is 0 Å². The van der Waals surface area contributed by atoms with Crippen LogP contribution in [0.2, 0.25) is 0 Å². The smallest absolute Gasteiger partial charge is 0.254 e. The van der Waals surface area contributed by atoms with Crippen LogP contribution in [-0.2, 0) is 0 Å². The zero-order valence-corrected chi connectivity index (χ0v) is 16.4. The van der Waals surface area contributed by atoms with E-state index in [0.717, 1.165) is 6.07 Å². The number of nitrogens with one attached hydrogen (secondary N) is 1. The maximum Gasteiger partial charge on any atom is 0.254 e. The lowest BCUT2D eigenvalue weighted by atomic mass is 10.1. The van der Waals surface area contributed by atoms with Crippen molar-refractivity contribution in [1.82, 2.24) is 25.4 Å². The molecule has 9 heteroatoms. The minimum absolute atomic E-state index is 0.0609. The molecule has 0 saturated heterocycles. The van der Waals surface area contributed by atoms with Crippen molar-refractivity contribution in [2.75, 3.05) is 0 Å². The Kier molecular flexibility index (Phi) is 4.94. The minimum Gasteiger partial charge on any atom is -0.340 e. The van der Waals surface area contributed by atoms with Crippen molar-refractivity contribution < 1.29 is 18.1 Å². The van der Waals surface area contributed by atoms with Gasteiger partial charge in [0.15, 0.2) is 0 Å². The fraction of sp³-hybridized carbons (Fsp3) is 0.190. The van der Waals surface area contributed by atoms with Gasteiger partial charge in [0, 0.05) is 11.6 Å². The van der Waals surface area contributed by atoms with Crippen molar-refractivity contribution in [3.05, 3.63) is 70.9 Å². The van der Waals surface area contributed by atoms with Crippen LogP contribution in [-0.4, -0.2) is 26.0 Å². The molecule has 1 unspecified atom stereocenters. The average Bonchev–Trinajstić information content (AvgIpc) is 3.19. The maximum absolute atomic E-state index is 14.1. The van der Waals surface area contributed by atoms with E-state index in [1.54, 1.807) is 20.8 Å². The number of carbonyl (C=O) groups excluding carboxylic acids is 1. The maximum atomic E-state index is 14.1. The molecule has 30 heavy (non-hydrogen) atoms. The SMILES string of the molecule is Cc1nc2cc(F)cc(C(=O)NC(C)c3nc(-c4ccc(F)cc4)no3)c2nc1C. The van der Waals surface area contributed by atoms with Crippen LogP contribution >= 0.6 is 0 Å². The van der Waals surface area contributed by atoms with Gasteiger partial charge in [-0.3, -0.25) is 4.79 Å². The second kappa shape index (κ2) is 7.58. The van der Waals surface area contributed by atoms with Gasteiger partial charge in [-0.15, -0.1) is 0 Å². The molecule has 0 fully saturated rings. The van der Waals surface area contributed by atoms with Gasteiger partial charge in [-0.1, -0.05) is 5.16 Å². The molecule has 0 radical (unpaired) electrons. The number of hydrogen-bond donors (Lipinski definition) is 1. The van der Waals surface area contributed by atoms with Crippen molar-refractivity contribution in [2.24, 2.45) is 0 Å². The molecular formula is C21H17F2N5O2. The van der Waals surface area contributed by atoms with Crippen LogP contribution < -0.4 is 5.32 Å². The Bertz CT molecular complexity index is 1250. The highest BCUT2D eigenvalue weighted by Crippen LogP contribution is 2.22. The molecule has 0 bridgehead atoms. The van der Waals surface area contributed by atoms with Crippen LogP contribution in [0.25, 0.3) is 22.4 Å². The Labute approximate surface area is 170 Å². The summed E-state index contributed by atoms with van der Waals surface area (Å²) in [6.07, 6.45) is 0. The number of carbonyl (C=O) groups is 1. The molecule has 0 saturated carbocycles. The molecule has 0 aliphatic heterocycles. The Hall–Kier alpha value is -3.75. The van der Waals surface area contributed by atoms with Gasteiger partial charge in [-0.25, -0.2) is 18.7 Å². The summed E-state index contributed by atoms with van der Waals surface area (Å²) in [7, 11) is 0. The normalized spacial score (nSPS) is 12.2. The third-order valence-electron chi connectivity index (χ3n) is 4.65. The van der Waals surface area contributed by atoms with E-state index in [-0.39, 0.29) is 23.1 Å². The van der Waals surface area contributed by atoms with E-state index in [1.165, 1.54) is 30.3 Å². The van der Waals surface area contributed by atoms with Crippen molar-refractivity contribution in [2.45, 2.75) is 26.8 Å². The van der Waals surface area contributed by atoms with E-state index in [9.17, 15) is 13.6 Å². The molecule has 4 rings (SSSR count).